The molecule has 0 bridgehead atoms. The van der Waals surface area contributed by atoms with Gasteiger partial charge in [-0.15, -0.1) is 0 Å². The zero-order valence-corrected chi connectivity index (χ0v) is 14.5. The smallest absolute Gasteiger partial charge is 0 e. The average Bonchev–Trinajstić information content (AvgIpc) is 0. The Hall–Kier alpha value is 2.34. The van der Waals surface area contributed by atoms with Crippen molar-refractivity contribution >= 4 is 0 Å². The van der Waals surface area contributed by atoms with Gasteiger partial charge in [0.2, 0.25) is 0 Å². The summed E-state index contributed by atoms with van der Waals surface area (Å²) in [5, 5.41) is 0. The van der Waals surface area contributed by atoms with Gasteiger partial charge in [-0.1, -0.05) is 0 Å². The first-order chi connectivity index (χ1) is 0. The van der Waals surface area contributed by atoms with Gasteiger partial charge in [0.1, 0.15) is 0 Å². The largest absolute Gasteiger partial charge is 2.00 e. The predicted molar refractivity (Wildman–Crippen MR) is 4.81 cm³/mol. The van der Waals surface area contributed by atoms with E-state index in [0.29, 0.717) is 0 Å². The van der Waals surface area contributed by atoms with Crippen molar-refractivity contribution < 1.29 is 119 Å². The van der Waals surface area contributed by atoms with Crippen molar-refractivity contribution in [1.82, 2.24) is 0 Å². The standard InChI is InChI=1S/2Ir.7O.2Re/q;;7*-2;;. The van der Waals surface area contributed by atoms with Crippen LogP contribution in [0.15, 0.2) is 0 Å². The molecule has 0 N–H and O–H groups in total. The molecule has 0 unspecified atom stereocenters. The second-order valence-corrected chi connectivity index (χ2v) is 0. The molecule has 0 aliphatic rings. The summed E-state index contributed by atoms with van der Waals surface area (Å²) in [6.45, 7) is 0. The van der Waals surface area contributed by atoms with Crippen LogP contribution in [0.25, 0.3) is 0 Å². The van der Waals surface area contributed by atoms with Gasteiger partial charge >= 0.3 is 0 Å². The Morgan fingerprint density at radius 1 is 0.273 bits per heavy atom. The van der Waals surface area contributed by atoms with E-state index in [4.69, 9.17) is 0 Å². The summed E-state index contributed by atoms with van der Waals surface area (Å²) < 4.78 is 0. The fourth-order valence-corrected chi connectivity index (χ4v) is 0. The first-order valence-corrected chi connectivity index (χ1v) is 0. The van der Waals surface area contributed by atoms with Gasteiger partial charge in [-0.25, -0.2) is 0 Å². The number of hydrogen-bond donors (Lipinski definition) is 0. The fraction of sp³-hybridized carbons (Fsp3) is 0. The molecule has 0 aliphatic heterocycles. The third-order valence-corrected chi connectivity index (χ3v) is 0. The Balaban J connectivity index is 0. The monoisotopic (exact) mass is 872 g/mol. The molecule has 0 spiro atoms. The molecule has 0 saturated carbocycles. The Bertz CT molecular complexity index is 14.4. The van der Waals surface area contributed by atoms with E-state index in [1.165, 1.54) is 0 Å². The van der Waals surface area contributed by atoms with Gasteiger partial charge in [-0.05, 0) is 0 Å². The topological polar surface area (TPSA) is 200 Å². The van der Waals surface area contributed by atoms with Gasteiger partial charge in [0.25, 0.3) is 0 Å². The first kappa shape index (κ1) is 370. The molecule has 0 fully saturated rings. The predicted octanol–water partition coefficient (Wildman–Crippen LogP) is -0.842. The van der Waals surface area contributed by atoms with Crippen LogP contribution in [0, 0.1) is 0 Å². The van der Waals surface area contributed by atoms with Gasteiger partial charge in [0, 0.05) is 81.1 Å². The van der Waals surface area contributed by atoms with E-state index < -0.39 is 0 Å². The van der Waals surface area contributed by atoms with Crippen LogP contribution < -0.4 is 0 Å². The van der Waals surface area contributed by atoms with Crippen LogP contribution in [0.1, 0.15) is 0 Å². The van der Waals surface area contributed by atoms with E-state index in [0.717, 1.165) is 0 Å². The van der Waals surface area contributed by atoms with Crippen molar-refractivity contribution in [2.75, 3.05) is 0 Å². The summed E-state index contributed by atoms with van der Waals surface area (Å²) in [4.78, 5) is 0. The van der Waals surface area contributed by atoms with E-state index in [1.807, 2.05) is 0 Å². The molecule has 4 radical (unpaired) electrons. The fourth-order valence-electron chi connectivity index (χ4n) is 0. The van der Waals surface area contributed by atoms with E-state index in [9.17, 15) is 0 Å². The molecule has 0 aromatic rings. The minimum Gasteiger partial charge on any atom is -2.00 e. The van der Waals surface area contributed by atoms with Crippen molar-refractivity contribution in [1.29, 1.82) is 0 Å². The summed E-state index contributed by atoms with van der Waals surface area (Å²) >= 11 is 0. The van der Waals surface area contributed by atoms with Gasteiger partial charge in [-0.2, -0.15) is 0 Å². The Kier molecular flexibility index (Phi) is 9730. The third kappa shape index (κ3) is 240. The molecule has 0 aromatic carbocycles. The molecule has 11 heteroatoms. The van der Waals surface area contributed by atoms with Gasteiger partial charge < -0.3 is 38.3 Å². The summed E-state index contributed by atoms with van der Waals surface area (Å²) in [5.41, 5.74) is 0. The summed E-state index contributed by atoms with van der Waals surface area (Å²) in [6, 6.07) is 0. The maximum Gasteiger partial charge on any atom is 0 e. The normalized spacial score (nSPS) is 0. The summed E-state index contributed by atoms with van der Waals surface area (Å²) in [6.07, 6.45) is 0. The second kappa shape index (κ2) is 289. The van der Waals surface area contributed by atoms with Crippen LogP contribution in [-0.4, -0.2) is 0 Å². The molecule has 0 amide bonds. The average molecular weight is 869 g/mol. The Labute approximate surface area is 118 Å². The maximum atomic E-state index is 0. The molecular weight excluding hydrogens is 869 g/mol. The van der Waals surface area contributed by atoms with Crippen LogP contribution in [0.2, 0.25) is 0 Å². The minimum atomic E-state index is 0. The van der Waals surface area contributed by atoms with Crippen molar-refractivity contribution in [3.05, 3.63) is 0 Å². The molecule has 0 aliphatic carbocycles. The molecule has 11 heavy (non-hydrogen) atoms. The quantitative estimate of drug-likeness (QED) is 0.293. The summed E-state index contributed by atoms with van der Waals surface area (Å²) in [5.74, 6) is 0. The second-order valence-electron chi connectivity index (χ2n) is 0. The van der Waals surface area contributed by atoms with Crippen LogP contribution in [0.4, 0.5) is 0 Å². The van der Waals surface area contributed by atoms with Crippen LogP contribution in [0.5, 0.6) is 0 Å². The zero-order valence-electron chi connectivity index (χ0n) is 4.28. The van der Waals surface area contributed by atoms with E-state index in [2.05, 4.69) is 0 Å². The Morgan fingerprint density at radius 2 is 0.273 bits per heavy atom. The molecule has 0 rings (SSSR count). The summed E-state index contributed by atoms with van der Waals surface area (Å²) in [7, 11) is 0. The molecule has 7 nitrogen and oxygen atoms in total. The molecule has 0 aromatic heterocycles. The number of rotatable bonds is 0. The third-order valence-electron chi connectivity index (χ3n) is 0. The Morgan fingerprint density at radius 3 is 0.273 bits per heavy atom. The van der Waals surface area contributed by atoms with E-state index in [1.54, 1.807) is 0 Å². The van der Waals surface area contributed by atoms with Gasteiger partial charge in [0.05, 0.1) is 0 Å². The molecule has 88 valence electrons. The molecule has 0 heterocycles. The molecular formula is Ir2O7Re2-14. The van der Waals surface area contributed by atoms with Crippen LogP contribution >= 0.6 is 0 Å². The van der Waals surface area contributed by atoms with Crippen LogP contribution in [-0.2, 0) is 119 Å². The zero-order chi connectivity index (χ0) is 0. The van der Waals surface area contributed by atoms with Crippen molar-refractivity contribution in [3.8, 4) is 0 Å². The molecule has 0 atom stereocenters. The van der Waals surface area contributed by atoms with Crippen molar-refractivity contribution in [2.45, 2.75) is 0 Å². The van der Waals surface area contributed by atoms with Crippen molar-refractivity contribution in [3.63, 3.8) is 0 Å². The number of hydrogen-bond acceptors (Lipinski definition) is 0. The van der Waals surface area contributed by atoms with Crippen molar-refractivity contribution in [2.24, 2.45) is 0 Å². The maximum absolute atomic E-state index is 0. The molecule has 0 saturated heterocycles. The van der Waals surface area contributed by atoms with E-state index >= 15 is 0 Å². The first-order valence-electron chi connectivity index (χ1n) is 0. The minimum absolute atomic E-state index is 0. The SMILES string of the molecule is [Ir].[Ir].[O-2].[O-2].[O-2].[O-2].[O-2].[O-2].[O-2].[Re].[Re]. The van der Waals surface area contributed by atoms with Gasteiger partial charge in [-0.3, -0.25) is 0 Å². The van der Waals surface area contributed by atoms with Crippen LogP contribution in [0.3, 0.4) is 0 Å². The van der Waals surface area contributed by atoms with E-state index in [-0.39, 0.29) is 119 Å². The van der Waals surface area contributed by atoms with Gasteiger partial charge in [0.15, 0.2) is 0 Å².